The van der Waals surface area contributed by atoms with Crippen LogP contribution in [0.2, 0.25) is 0 Å². The second-order valence-corrected chi connectivity index (χ2v) is 33.8. The number of carbonyl (C=O) groups excluding carboxylic acids is 19. The van der Waals surface area contributed by atoms with Crippen LogP contribution in [0.15, 0.2) is 67.1 Å². The van der Waals surface area contributed by atoms with Gasteiger partial charge in [-0.3, -0.25) is 110 Å². The summed E-state index contributed by atoms with van der Waals surface area (Å²) < 4.78 is 0. The fourth-order valence-corrected chi connectivity index (χ4v) is 12.8. The minimum atomic E-state index is -2.22. The van der Waals surface area contributed by atoms with Crippen molar-refractivity contribution < 1.29 is 161 Å². The molecule has 0 saturated carbocycles. The van der Waals surface area contributed by atoms with Crippen LogP contribution >= 0.6 is 0 Å². The van der Waals surface area contributed by atoms with E-state index in [2.05, 4.69) is 95.0 Å². The molecule has 0 aliphatic heterocycles. The molecule has 19 amide bonds. The van der Waals surface area contributed by atoms with E-state index in [9.17, 15) is 156 Å². The fourth-order valence-electron chi connectivity index (χ4n) is 12.8. The Morgan fingerprint density at radius 1 is 0.393 bits per heavy atom. The zero-order chi connectivity index (χ0) is 106. The molecule has 18 atom stereocenters. The highest BCUT2D eigenvalue weighted by Gasteiger charge is 2.42. The number of carboxylic acid groups (broad SMARTS) is 4. The Balaban J connectivity index is 1.82. The third kappa shape index (κ3) is 42.3. The number of carboxylic acids is 4. The topological polar surface area (TPSA) is 892 Å². The lowest BCUT2D eigenvalue weighted by Crippen LogP contribution is -2.63. The zero-order valence-electron chi connectivity index (χ0n) is 78.2. The van der Waals surface area contributed by atoms with Crippen molar-refractivity contribution in [1.29, 1.82) is 0 Å². The van der Waals surface area contributed by atoms with Crippen molar-refractivity contribution >= 4 is 136 Å². The molecule has 55 heteroatoms. The normalized spacial score (nSPS) is 15.0. The van der Waals surface area contributed by atoms with Gasteiger partial charge in [-0.2, -0.15) is 0 Å². The molecule has 55 nitrogen and oxygen atoms in total. The van der Waals surface area contributed by atoms with Gasteiger partial charge >= 0.3 is 23.9 Å². The number of rotatable bonds is 62. The summed E-state index contributed by atoms with van der Waals surface area (Å²) in [4.78, 5) is 313. The van der Waals surface area contributed by atoms with E-state index in [4.69, 9.17) is 16.6 Å². The summed E-state index contributed by atoms with van der Waals surface area (Å²) in [5.74, 6) is -30.6. The number of hydrogen-bond acceptors (Lipinski definition) is 31. The molecule has 0 aliphatic carbocycles. The van der Waals surface area contributed by atoms with E-state index >= 15 is 0 Å². The van der Waals surface area contributed by atoms with Gasteiger partial charge in [0.1, 0.15) is 102 Å². The number of amides is 19. The Kier molecular flexibility index (Phi) is 49.9. The molecule has 33 N–H and O–H groups in total. The maximum atomic E-state index is 14.5. The van der Waals surface area contributed by atoms with Crippen LogP contribution < -0.4 is 107 Å². The van der Waals surface area contributed by atoms with Gasteiger partial charge in [0.25, 0.3) is 0 Å². The summed E-state index contributed by atoms with van der Waals surface area (Å²) in [6.07, 6.45) is -7.00. The SMILES string of the molecule is CC(C)C[C@H](NC(=O)[C@H](Cc1ccc(O)cc1)NC(=O)[C@H](CO)NC(=O)[C@H](CO)NC(=O)[C@@H](NC(=O)[C@@H](CC(=O)O)NC(=O)[C@H](CO)NC(=O)[C@@H](NC(=O)[C@H](Cc1ccccc1)NC(=O)[C@@H](NC(=O)CNC(=O)[C@H](CCC(=O)O)NC(=O)C(C)(C)NC(=O)[C@@H](N)Cc1c[nH]cn1)[C@@H](C)O)[C@@H](C)O)C(C)C)C(=O)N[C@@H](CCC(=O)O)C(=O)NCC(=O)N[C@@H](CCC(N)=O)C(=O)N[C@@H](C)C(=O)N[C@@H](C)C(=O)O. The van der Waals surface area contributed by atoms with E-state index in [-0.39, 0.29) is 24.2 Å². The van der Waals surface area contributed by atoms with Crippen LogP contribution in [0.25, 0.3) is 0 Å². The van der Waals surface area contributed by atoms with Crippen LogP contribution in [0, 0.1) is 11.8 Å². The van der Waals surface area contributed by atoms with Gasteiger partial charge in [-0.25, -0.2) is 4.98 Å². The Hall–Kier alpha value is -15.0. The lowest BCUT2D eigenvalue weighted by atomic mass is 10.00. The molecule has 1 heterocycles. The number of aliphatic hydroxyl groups is 5. The molecule has 2 aromatic carbocycles. The average Bonchev–Trinajstić information content (AvgIpc) is 1.15. The van der Waals surface area contributed by atoms with E-state index in [1.54, 1.807) is 19.9 Å². The number of nitrogens with two attached hydrogens (primary N) is 2. The van der Waals surface area contributed by atoms with Crippen molar-refractivity contribution in [1.82, 2.24) is 106 Å². The molecule has 0 aliphatic rings. The maximum Gasteiger partial charge on any atom is 0.325 e. The molecular weight excluding hydrogens is 1860 g/mol. The Morgan fingerprint density at radius 3 is 1.24 bits per heavy atom. The summed E-state index contributed by atoms with van der Waals surface area (Å²) >= 11 is 0. The van der Waals surface area contributed by atoms with Crippen molar-refractivity contribution in [2.24, 2.45) is 23.3 Å². The number of carbonyl (C=O) groups is 23. The Bertz CT molecular complexity index is 4830. The van der Waals surface area contributed by atoms with Gasteiger partial charge in [0.15, 0.2) is 0 Å². The van der Waals surface area contributed by atoms with Gasteiger partial charge in [0.2, 0.25) is 112 Å². The third-order valence-electron chi connectivity index (χ3n) is 20.6. The summed E-state index contributed by atoms with van der Waals surface area (Å²) in [5.41, 5.74) is 10.5. The lowest BCUT2D eigenvalue weighted by Gasteiger charge is -2.29. The van der Waals surface area contributed by atoms with Gasteiger partial charge in [-0.15, -0.1) is 0 Å². The number of H-pyrrole nitrogens is 1. The molecule has 0 radical (unpaired) electrons. The van der Waals surface area contributed by atoms with Gasteiger partial charge in [-0.1, -0.05) is 70.2 Å². The van der Waals surface area contributed by atoms with Gasteiger partial charge in [0, 0.05) is 44.7 Å². The van der Waals surface area contributed by atoms with E-state index in [1.165, 1.54) is 95.7 Å². The first-order chi connectivity index (χ1) is 65.5. The summed E-state index contributed by atoms with van der Waals surface area (Å²) in [7, 11) is 0. The molecule has 0 spiro atoms. The van der Waals surface area contributed by atoms with E-state index in [0.717, 1.165) is 20.8 Å². The van der Waals surface area contributed by atoms with Crippen molar-refractivity contribution in [3.8, 4) is 5.75 Å². The van der Waals surface area contributed by atoms with Crippen molar-refractivity contribution in [3.63, 3.8) is 0 Å². The average molecular weight is 1980 g/mol. The van der Waals surface area contributed by atoms with Crippen LogP contribution in [0.4, 0.5) is 0 Å². The number of aliphatic hydroxyl groups excluding tert-OH is 5. The van der Waals surface area contributed by atoms with Crippen molar-refractivity contribution in [2.45, 2.75) is 254 Å². The molecule has 0 unspecified atom stereocenters. The number of imidazole rings is 1. The molecule has 1 aromatic heterocycles. The zero-order valence-corrected chi connectivity index (χ0v) is 78.2. The molecule has 3 rings (SSSR count). The van der Waals surface area contributed by atoms with E-state index < -0.39 is 353 Å². The number of aromatic nitrogens is 2. The van der Waals surface area contributed by atoms with E-state index in [0.29, 0.717) is 11.3 Å². The number of hydrogen-bond donors (Lipinski definition) is 31. The lowest BCUT2D eigenvalue weighted by molar-refractivity contribution is -0.142. The predicted octanol–water partition coefficient (Wildman–Crippen LogP) is -12.1. The number of benzene rings is 2. The fraction of sp³-hybridized carbons (Fsp3) is 0.553. The standard InChI is InChI=1S/C85H126N22O33/c1-38(2)26-52(73(128)95-49(21-24-62(117)118)70(125)89-32-60(115)94-51(20-23-59(87)114)72(127)92-40(5)68(123)93-41(6)83(138)139)96-74(129)53(28-45-16-18-47(113)19-17-45)97-77(132)56(34-108)100-79(134)58(36-110)101-80(135)65(39(3)4)105-76(131)55(30-64(121)122)98-78(133)57(35-109)102-82(137)67(43(8)112)106-75(130)54(27-44-14-12-11-13-15-44)99-81(136)66(42(7)111)104-61(116)33-90-71(126)50(22-25-63(119)120)103-84(140)85(9,10)107-69(124)48(86)29-46-31-88-37-91-46/h11-19,31,37-43,48-58,65-67,108-113H,20-30,32-36,86H2,1-10H3,(H2,87,114)(H,88,91)(H,89,125)(H,90,126)(H,92,127)(H,93,123)(H,94,115)(H,95,128)(H,96,129)(H,97,132)(H,98,133)(H,99,136)(H,100,134)(H,101,135)(H,102,137)(H,103,140)(H,104,116)(H,105,131)(H,106,130)(H,107,124)(H,117,118)(H,119,120)(H,121,122)(H,138,139)/t40-,41-,42+,43+,48-,49-,50-,51-,52-,53-,54-,55+,56-,57-,58-,65-,66-,67-/m0/s1. The minimum Gasteiger partial charge on any atom is -0.508 e. The first-order valence-corrected chi connectivity index (χ1v) is 43.8. The number of nitrogens with zero attached hydrogens (tertiary/aromatic N) is 1. The number of aliphatic carboxylic acids is 4. The number of phenolic OH excluding ortho intramolecular Hbond substituents is 1. The van der Waals surface area contributed by atoms with Crippen LogP contribution in [-0.2, 0) is 130 Å². The summed E-state index contributed by atoms with van der Waals surface area (Å²) in [6, 6.07) is -16.1. The quantitative estimate of drug-likeness (QED) is 0.0249. The van der Waals surface area contributed by atoms with Crippen LogP contribution in [0.3, 0.4) is 0 Å². The van der Waals surface area contributed by atoms with Gasteiger partial charge in [0.05, 0.1) is 69.6 Å². The summed E-state index contributed by atoms with van der Waals surface area (Å²) in [6.45, 7) is 6.73. The molecule has 774 valence electrons. The Morgan fingerprint density at radius 2 is 0.779 bits per heavy atom. The minimum absolute atomic E-state index is 0.0358. The number of phenols is 1. The van der Waals surface area contributed by atoms with Crippen LogP contribution in [0.5, 0.6) is 5.75 Å². The van der Waals surface area contributed by atoms with Crippen molar-refractivity contribution in [3.05, 3.63) is 83.9 Å². The van der Waals surface area contributed by atoms with Crippen molar-refractivity contribution in [2.75, 3.05) is 32.9 Å². The highest BCUT2D eigenvalue weighted by molar-refractivity contribution is 6.03. The number of nitrogens with one attached hydrogen (secondary N) is 19. The first-order valence-electron chi connectivity index (χ1n) is 43.8. The number of aromatic amines is 1. The predicted molar refractivity (Wildman–Crippen MR) is 482 cm³/mol. The molecule has 140 heavy (non-hydrogen) atoms. The largest absolute Gasteiger partial charge is 0.508 e. The summed E-state index contributed by atoms with van der Waals surface area (Å²) in [5, 5.41) is 142. The third-order valence-corrected chi connectivity index (χ3v) is 20.6. The molecular formula is C85H126N22O33. The van der Waals surface area contributed by atoms with E-state index in [1.807, 2.05) is 10.6 Å². The van der Waals surface area contributed by atoms with Gasteiger partial charge in [-0.05, 0) is 102 Å². The monoisotopic (exact) mass is 1980 g/mol. The molecule has 0 fully saturated rings. The highest BCUT2D eigenvalue weighted by atomic mass is 16.4. The smallest absolute Gasteiger partial charge is 0.325 e. The number of primary amides is 1. The second kappa shape index (κ2) is 58.6. The highest BCUT2D eigenvalue weighted by Crippen LogP contribution is 2.17. The maximum absolute atomic E-state index is 14.5. The van der Waals surface area contributed by atoms with Gasteiger partial charge < -0.3 is 163 Å². The first kappa shape index (κ1) is 119. The van der Waals surface area contributed by atoms with Crippen LogP contribution in [0.1, 0.15) is 137 Å². The molecule has 0 bridgehead atoms. The second-order valence-electron chi connectivity index (χ2n) is 33.8. The Labute approximate surface area is 800 Å². The van der Waals surface area contributed by atoms with Crippen LogP contribution in [-0.4, -0.2) is 344 Å². The molecule has 0 saturated heterocycles. The number of aromatic hydroxyl groups is 1. The molecule has 3 aromatic rings.